The van der Waals surface area contributed by atoms with Crippen molar-refractivity contribution in [3.63, 3.8) is 0 Å². The van der Waals surface area contributed by atoms with Crippen molar-refractivity contribution >= 4 is 5.91 Å². The molecule has 1 fully saturated rings. The Bertz CT molecular complexity index is 924. The Balaban J connectivity index is 1.67. The van der Waals surface area contributed by atoms with E-state index in [-0.39, 0.29) is 5.91 Å². The molecule has 1 amide bonds. The van der Waals surface area contributed by atoms with E-state index in [0.717, 1.165) is 29.7 Å². The Hall–Kier alpha value is -2.88. The maximum atomic E-state index is 13.0. The van der Waals surface area contributed by atoms with Gasteiger partial charge in [0.2, 0.25) is 0 Å². The highest BCUT2D eigenvalue weighted by atomic mass is 16.2. The molecule has 4 nitrogen and oxygen atoms in total. The Morgan fingerprint density at radius 2 is 1.85 bits per heavy atom. The third-order valence-corrected chi connectivity index (χ3v) is 5.44. The van der Waals surface area contributed by atoms with Crippen LogP contribution in [0.5, 0.6) is 0 Å². The summed E-state index contributed by atoms with van der Waals surface area (Å²) in [7, 11) is 0. The topological polar surface area (TPSA) is 46.9 Å². The maximum Gasteiger partial charge on any atom is 0.268 e. The molecule has 0 atom stereocenters. The van der Waals surface area contributed by atoms with Gasteiger partial charge in [0.1, 0.15) is 5.69 Å². The molecule has 1 aromatic carbocycles. The van der Waals surface area contributed by atoms with Crippen LogP contribution in [0.2, 0.25) is 0 Å². The van der Waals surface area contributed by atoms with Crippen LogP contribution in [-0.4, -0.2) is 21.5 Å². The van der Waals surface area contributed by atoms with E-state index in [0.29, 0.717) is 12.6 Å². The fraction of sp³-hybridized carbons (Fsp3) is 0.304. The molecule has 3 aromatic rings. The average Bonchev–Trinajstić information content (AvgIpc) is 3.34. The summed E-state index contributed by atoms with van der Waals surface area (Å²) in [4.78, 5) is 17.1. The van der Waals surface area contributed by atoms with Crippen molar-refractivity contribution in [2.45, 2.75) is 45.2 Å². The van der Waals surface area contributed by atoms with Crippen LogP contribution < -0.4 is 5.32 Å². The minimum absolute atomic E-state index is 0.0239. The van der Waals surface area contributed by atoms with Gasteiger partial charge in [0.25, 0.3) is 5.91 Å². The SMILES string of the molecule is Cc1ccccc1Cn1cc(-c2ccncc2)cc1C(=O)NC1CCCC1. The molecule has 0 aliphatic heterocycles. The van der Waals surface area contributed by atoms with E-state index in [2.05, 4.69) is 40.1 Å². The predicted molar refractivity (Wildman–Crippen MR) is 108 cm³/mol. The van der Waals surface area contributed by atoms with Gasteiger partial charge in [0.15, 0.2) is 0 Å². The lowest BCUT2D eigenvalue weighted by atomic mass is 10.1. The van der Waals surface area contributed by atoms with Gasteiger partial charge in [0.05, 0.1) is 0 Å². The second-order valence-corrected chi connectivity index (χ2v) is 7.36. The normalized spacial score (nSPS) is 14.4. The van der Waals surface area contributed by atoms with Gasteiger partial charge in [0, 0.05) is 36.7 Å². The lowest BCUT2D eigenvalue weighted by Gasteiger charge is -2.14. The van der Waals surface area contributed by atoms with Gasteiger partial charge < -0.3 is 9.88 Å². The minimum atomic E-state index is 0.0239. The van der Waals surface area contributed by atoms with Gasteiger partial charge in [-0.25, -0.2) is 0 Å². The number of pyridine rings is 1. The molecule has 1 aliphatic rings. The molecule has 0 saturated heterocycles. The van der Waals surface area contributed by atoms with Crippen LogP contribution in [0.25, 0.3) is 11.1 Å². The van der Waals surface area contributed by atoms with Gasteiger partial charge in [-0.05, 0) is 54.7 Å². The Labute approximate surface area is 160 Å². The van der Waals surface area contributed by atoms with Gasteiger partial charge in [-0.15, -0.1) is 0 Å². The van der Waals surface area contributed by atoms with Crippen LogP contribution >= 0.6 is 0 Å². The third-order valence-electron chi connectivity index (χ3n) is 5.44. The zero-order valence-electron chi connectivity index (χ0n) is 15.7. The van der Waals surface area contributed by atoms with Crippen LogP contribution in [0.1, 0.15) is 47.3 Å². The number of benzene rings is 1. The number of hydrogen-bond acceptors (Lipinski definition) is 2. The monoisotopic (exact) mass is 359 g/mol. The number of carbonyl (C=O) groups is 1. The molecule has 0 bridgehead atoms. The molecule has 2 aromatic heterocycles. The molecule has 138 valence electrons. The first-order valence-electron chi connectivity index (χ1n) is 9.66. The summed E-state index contributed by atoms with van der Waals surface area (Å²) in [6.45, 7) is 2.80. The number of rotatable bonds is 5. The largest absolute Gasteiger partial charge is 0.348 e. The van der Waals surface area contributed by atoms with Crippen molar-refractivity contribution < 1.29 is 4.79 Å². The number of amides is 1. The van der Waals surface area contributed by atoms with Crippen molar-refractivity contribution in [3.8, 4) is 11.1 Å². The van der Waals surface area contributed by atoms with Crippen LogP contribution in [-0.2, 0) is 6.54 Å². The smallest absolute Gasteiger partial charge is 0.268 e. The number of nitrogens with one attached hydrogen (secondary N) is 1. The van der Waals surface area contributed by atoms with E-state index in [1.54, 1.807) is 12.4 Å². The number of aryl methyl sites for hydroxylation is 1. The quantitative estimate of drug-likeness (QED) is 0.725. The van der Waals surface area contributed by atoms with E-state index in [4.69, 9.17) is 0 Å². The molecule has 0 radical (unpaired) electrons. The summed E-state index contributed by atoms with van der Waals surface area (Å²) in [6.07, 6.45) is 10.2. The molecule has 2 heterocycles. The molecule has 0 spiro atoms. The van der Waals surface area contributed by atoms with E-state index in [9.17, 15) is 4.79 Å². The van der Waals surface area contributed by atoms with E-state index in [1.165, 1.54) is 24.0 Å². The Morgan fingerprint density at radius 1 is 1.11 bits per heavy atom. The molecule has 1 aliphatic carbocycles. The first-order chi connectivity index (χ1) is 13.2. The number of aromatic nitrogens is 2. The second-order valence-electron chi connectivity index (χ2n) is 7.36. The fourth-order valence-electron chi connectivity index (χ4n) is 3.83. The zero-order valence-corrected chi connectivity index (χ0v) is 15.7. The summed E-state index contributed by atoms with van der Waals surface area (Å²) in [5.41, 5.74) is 5.30. The zero-order chi connectivity index (χ0) is 18.6. The highest BCUT2D eigenvalue weighted by molar-refractivity contribution is 5.94. The summed E-state index contributed by atoms with van der Waals surface area (Å²) >= 11 is 0. The van der Waals surface area contributed by atoms with Crippen molar-refractivity contribution in [1.82, 2.24) is 14.9 Å². The number of carbonyl (C=O) groups excluding carboxylic acids is 1. The van der Waals surface area contributed by atoms with E-state index >= 15 is 0 Å². The van der Waals surface area contributed by atoms with Crippen LogP contribution in [0, 0.1) is 6.92 Å². The summed E-state index contributed by atoms with van der Waals surface area (Å²) < 4.78 is 2.07. The van der Waals surface area contributed by atoms with E-state index in [1.807, 2.05) is 30.3 Å². The molecule has 0 unspecified atom stereocenters. The molecule has 4 rings (SSSR count). The van der Waals surface area contributed by atoms with E-state index < -0.39 is 0 Å². The van der Waals surface area contributed by atoms with Crippen molar-refractivity contribution in [3.05, 3.63) is 77.9 Å². The summed E-state index contributed by atoms with van der Waals surface area (Å²) in [6, 6.07) is 14.6. The minimum Gasteiger partial charge on any atom is -0.348 e. The lowest BCUT2D eigenvalue weighted by molar-refractivity contribution is 0.0929. The van der Waals surface area contributed by atoms with Crippen molar-refractivity contribution in [1.29, 1.82) is 0 Å². The van der Waals surface area contributed by atoms with Gasteiger partial charge >= 0.3 is 0 Å². The fourth-order valence-corrected chi connectivity index (χ4v) is 3.83. The maximum absolute atomic E-state index is 13.0. The van der Waals surface area contributed by atoms with Gasteiger partial charge in [-0.3, -0.25) is 9.78 Å². The summed E-state index contributed by atoms with van der Waals surface area (Å²) in [5, 5.41) is 3.23. The highest BCUT2D eigenvalue weighted by Gasteiger charge is 2.21. The molecule has 1 N–H and O–H groups in total. The second kappa shape index (κ2) is 7.78. The molecular weight excluding hydrogens is 334 g/mol. The molecular formula is C23H25N3O. The molecule has 27 heavy (non-hydrogen) atoms. The van der Waals surface area contributed by atoms with Crippen LogP contribution in [0.15, 0.2) is 61.1 Å². The lowest BCUT2D eigenvalue weighted by Crippen LogP contribution is -2.34. The van der Waals surface area contributed by atoms with Crippen molar-refractivity contribution in [2.75, 3.05) is 0 Å². The first-order valence-corrected chi connectivity index (χ1v) is 9.66. The first kappa shape index (κ1) is 17.5. The standard InChI is InChI=1S/C23H25N3O/c1-17-6-2-3-7-19(17)15-26-16-20(18-10-12-24-13-11-18)14-22(26)23(27)25-21-8-4-5-9-21/h2-3,6-7,10-14,16,21H,4-5,8-9,15H2,1H3,(H,25,27). The van der Waals surface area contributed by atoms with Crippen LogP contribution in [0.4, 0.5) is 0 Å². The Morgan fingerprint density at radius 3 is 2.59 bits per heavy atom. The average molecular weight is 359 g/mol. The molecule has 1 saturated carbocycles. The third kappa shape index (κ3) is 3.95. The number of nitrogens with zero attached hydrogens (tertiary/aromatic N) is 2. The predicted octanol–water partition coefficient (Wildman–Crippen LogP) is 4.58. The van der Waals surface area contributed by atoms with Gasteiger partial charge in [-0.2, -0.15) is 0 Å². The Kier molecular flexibility index (Phi) is 5.05. The number of hydrogen-bond donors (Lipinski definition) is 1. The van der Waals surface area contributed by atoms with Gasteiger partial charge in [-0.1, -0.05) is 37.1 Å². The molecule has 4 heteroatoms. The highest BCUT2D eigenvalue weighted by Crippen LogP contribution is 2.24. The van der Waals surface area contributed by atoms with Crippen LogP contribution in [0.3, 0.4) is 0 Å². The van der Waals surface area contributed by atoms with Crippen molar-refractivity contribution in [2.24, 2.45) is 0 Å². The summed E-state index contributed by atoms with van der Waals surface area (Å²) in [5.74, 6) is 0.0239.